The van der Waals surface area contributed by atoms with Gasteiger partial charge in [-0.1, -0.05) is 62.2 Å². The predicted molar refractivity (Wildman–Crippen MR) is 137 cm³/mol. The molecule has 2 N–H and O–H groups in total. The van der Waals surface area contributed by atoms with E-state index in [1.165, 1.54) is 6.07 Å². The van der Waals surface area contributed by atoms with Crippen molar-refractivity contribution in [3.63, 3.8) is 0 Å². The lowest BCUT2D eigenvalue weighted by molar-refractivity contribution is -0.157. The number of carbonyl (C=O) groups excluding carboxylic acids is 2. The van der Waals surface area contributed by atoms with Crippen molar-refractivity contribution in [2.75, 3.05) is 5.32 Å². The van der Waals surface area contributed by atoms with Crippen molar-refractivity contribution in [2.45, 2.75) is 77.0 Å². The molecule has 0 aromatic heterocycles. The Morgan fingerprint density at radius 3 is 2.43 bits per heavy atom. The van der Waals surface area contributed by atoms with Gasteiger partial charge in [-0.05, 0) is 61.9 Å². The lowest BCUT2D eigenvalue weighted by Gasteiger charge is -2.37. The molecule has 4 atom stereocenters. The summed E-state index contributed by atoms with van der Waals surface area (Å²) in [5, 5.41) is 6.75. The highest BCUT2D eigenvalue weighted by Crippen LogP contribution is 2.57. The van der Waals surface area contributed by atoms with Gasteiger partial charge in [-0.2, -0.15) is 0 Å². The van der Waals surface area contributed by atoms with E-state index in [1.807, 2.05) is 0 Å². The number of hydrogen-bond donors (Lipinski definition) is 2. The van der Waals surface area contributed by atoms with Gasteiger partial charge in [0.25, 0.3) is 0 Å². The lowest BCUT2D eigenvalue weighted by atomic mass is 9.62. The molecule has 5 nitrogen and oxygen atoms in total. The van der Waals surface area contributed by atoms with Crippen molar-refractivity contribution in [3.8, 4) is 0 Å². The summed E-state index contributed by atoms with van der Waals surface area (Å²) in [7, 11) is 0. The van der Waals surface area contributed by atoms with Crippen LogP contribution in [-0.2, 0) is 19.7 Å². The Hall–Kier alpha value is -2.15. The van der Waals surface area contributed by atoms with Crippen molar-refractivity contribution in [2.24, 2.45) is 5.41 Å². The molecule has 2 aliphatic heterocycles. The number of halogens is 3. The van der Waals surface area contributed by atoms with Gasteiger partial charge < -0.3 is 10.1 Å². The zero-order valence-electron chi connectivity index (χ0n) is 20.8. The molecule has 0 radical (unpaired) electrons. The molecule has 0 bridgehead atoms. The first kappa shape index (κ1) is 25.9. The third kappa shape index (κ3) is 4.56. The van der Waals surface area contributed by atoms with Crippen molar-refractivity contribution < 1.29 is 18.7 Å². The van der Waals surface area contributed by atoms with Gasteiger partial charge in [0, 0.05) is 22.7 Å². The van der Waals surface area contributed by atoms with Crippen LogP contribution >= 0.6 is 23.2 Å². The average Bonchev–Trinajstić information content (AvgIpc) is 3.17. The van der Waals surface area contributed by atoms with Crippen LogP contribution in [0.25, 0.3) is 0 Å². The summed E-state index contributed by atoms with van der Waals surface area (Å²) in [6.07, 6.45) is 0.542. The first-order chi connectivity index (χ1) is 16.1. The molecule has 2 aliphatic rings. The van der Waals surface area contributed by atoms with Crippen molar-refractivity contribution in [3.05, 3.63) is 63.4 Å². The molecule has 2 heterocycles. The monoisotopic (exact) mass is 520 g/mol. The molecular weight excluding hydrogens is 490 g/mol. The van der Waals surface area contributed by atoms with E-state index in [2.05, 4.69) is 31.4 Å². The molecule has 188 valence electrons. The Bertz CT molecular complexity index is 1190. The topological polar surface area (TPSA) is 67.4 Å². The van der Waals surface area contributed by atoms with Crippen LogP contribution in [0.2, 0.25) is 10.0 Å². The lowest BCUT2D eigenvalue weighted by Crippen LogP contribution is -2.49. The predicted octanol–water partition coefficient (Wildman–Crippen LogP) is 6.22. The van der Waals surface area contributed by atoms with E-state index < -0.39 is 40.8 Å². The van der Waals surface area contributed by atoms with Crippen molar-refractivity contribution in [1.82, 2.24) is 5.32 Å². The van der Waals surface area contributed by atoms with Crippen LogP contribution in [0.15, 0.2) is 36.4 Å². The molecule has 1 saturated heterocycles. The largest absolute Gasteiger partial charge is 0.459 e. The number of rotatable bonds is 3. The van der Waals surface area contributed by atoms with E-state index in [4.69, 9.17) is 27.9 Å². The number of benzene rings is 2. The zero-order chi connectivity index (χ0) is 25.9. The molecule has 2 aromatic rings. The third-order valence-corrected chi connectivity index (χ3v) is 7.13. The van der Waals surface area contributed by atoms with Crippen molar-refractivity contribution in [1.29, 1.82) is 0 Å². The fraction of sp³-hybridized carbons (Fsp3) is 0.481. The summed E-state index contributed by atoms with van der Waals surface area (Å²) < 4.78 is 21.4. The Balaban J connectivity index is 2.01. The minimum Gasteiger partial charge on any atom is -0.459 e. The number of esters is 1. The minimum absolute atomic E-state index is 0.0744. The van der Waals surface area contributed by atoms with E-state index in [1.54, 1.807) is 51.1 Å². The van der Waals surface area contributed by atoms with Gasteiger partial charge in [0.05, 0.1) is 5.02 Å². The van der Waals surface area contributed by atoms with Gasteiger partial charge in [0.2, 0.25) is 5.91 Å². The maximum atomic E-state index is 15.6. The summed E-state index contributed by atoms with van der Waals surface area (Å²) in [5.74, 6) is -2.42. The fourth-order valence-corrected chi connectivity index (χ4v) is 5.85. The summed E-state index contributed by atoms with van der Waals surface area (Å²) in [4.78, 5) is 27.6. The van der Waals surface area contributed by atoms with Crippen LogP contribution in [0, 0.1) is 11.2 Å². The molecule has 2 aromatic carbocycles. The number of carbonyl (C=O) groups is 2. The summed E-state index contributed by atoms with van der Waals surface area (Å²) in [6, 6.07) is 8.38. The zero-order valence-corrected chi connectivity index (χ0v) is 22.3. The maximum absolute atomic E-state index is 15.6. The number of amides is 1. The molecule has 8 heteroatoms. The average molecular weight is 521 g/mol. The second-order valence-electron chi connectivity index (χ2n) is 11.6. The molecule has 1 fully saturated rings. The van der Waals surface area contributed by atoms with Crippen molar-refractivity contribution >= 4 is 40.8 Å². The number of ether oxygens (including phenoxy) is 1. The second-order valence-corrected chi connectivity index (χ2v) is 12.5. The minimum atomic E-state index is -1.29. The van der Waals surface area contributed by atoms with Crippen LogP contribution in [0.1, 0.15) is 65.0 Å². The van der Waals surface area contributed by atoms with Gasteiger partial charge in [-0.25, -0.2) is 4.39 Å². The number of fused-ring (bicyclic) bond motifs is 2. The van der Waals surface area contributed by atoms with E-state index in [0.717, 1.165) is 0 Å². The van der Waals surface area contributed by atoms with E-state index >= 15 is 4.39 Å². The molecule has 4 rings (SSSR count). The van der Waals surface area contributed by atoms with Gasteiger partial charge >= 0.3 is 5.97 Å². The van der Waals surface area contributed by atoms with Crippen LogP contribution in [-0.4, -0.2) is 29.6 Å². The van der Waals surface area contributed by atoms with E-state index in [0.29, 0.717) is 22.7 Å². The number of hydrogen-bond acceptors (Lipinski definition) is 4. The SMILES string of the molecule is CC(C)(C)C[C@H]1N[C@@H](C(=O)OC(C)(C)C)[C@H](c2cccc(Cl)c2F)C12C(=O)Nc1cc(Cl)ccc12. The highest BCUT2D eigenvalue weighted by Gasteiger charge is 2.66. The first-order valence-corrected chi connectivity index (χ1v) is 12.4. The molecule has 1 amide bonds. The Morgan fingerprint density at radius 1 is 1.11 bits per heavy atom. The van der Waals surface area contributed by atoms with Gasteiger partial charge in [-0.15, -0.1) is 0 Å². The molecular formula is C27H31Cl2FN2O3. The molecule has 0 saturated carbocycles. The van der Waals surface area contributed by atoms with Crippen LogP contribution in [0.3, 0.4) is 0 Å². The smallest absolute Gasteiger partial charge is 0.324 e. The third-order valence-electron chi connectivity index (χ3n) is 6.60. The fourth-order valence-electron chi connectivity index (χ4n) is 5.49. The summed E-state index contributed by atoms with van der Waals surface area (Å²) in [6.45, 7) is 11.5. The number of nitrogens with one attached hydrogen (secondary N) is 2. The summed E-state index contributed by atoms with van der Waals surface area (Å²) >= 11 is 12.4. The number of anilines is 1. The van der Waals surface area contributed by atoms with E-state index in [-0.39, 0.29) is 21.9 Å². The molecule has 1 unspecified atom stereocenters. The Morgan fingerprint density at radius 2 is 1.80 bits per heavy atom. The van der Waals surface area contributed by atoms with Crippen LogP contribution in [0.5, 0.6) is 0 Å². The van der Waals surface area contributed by atoms with Crippen LogP contribution < -0.4 is 10.6 Å². The molecule has 0 aliphatic carbocycles. The summed E-state index contributed by atoms with van der Waals surface area (Å²) in [5.41, 5.74) is -0.852. The van der Waals surface area contributed by atoms with Gasteiger partial charge in [0.1, 0.15) is 22.9 Å². The first-order valence-electron chi connectivity index (χ1n) is 11.7. The molecule has 1 spiro atoms. The highest BCUT2D eigenvalue weighted by atomic mass is 35.5. The van der Waals surface area contributed by atoms with Gasteiger partial charge in [-0.3, -0.25) is 14.9 Å². The Kier molecular flexibility index (Phi) is 6.48. The quantitative estimate of drug-likeness (QED) is 0.471. The Labute approximate surface area is 215 Å². The normalized spacial score (nSPS) is 26.1. The van der Waals surface area contributed by atoms with Gasteiger partial charge in [0.15, 0.2) is 0 Å². The maximum Gasteiger partial charge on any atom is 0.324 e. The van der Waals surface area contributed by atoms with Crippen LogP contribution in [0.4, 0.5) is 10.1 Å². The van der Waals surface area contributed by atoms with E-state index in [9.17, 15) is 9.59 Å². The molecule has 35 heavy (non-hydrogen) atoms. The second kappa shape index (κ2) is 8.75. The standard InChI is InChI=1S/C27H31Cl2FN2O3/c1-25(2,3)13-19-27(16-11-10-14(28)12-18(16)31-24(27)34)20(15-8-7-9-17(29)21(15)30)22(32-19)23(33)35-26(4,5)6/h7-12,19-20,22,32H,13H2,1-6H3,(H,31,34)/t19-,20+,22-,27?/m1/s1. The highest BCUT2D eigenvalue weighted by molar-refractivity contribution is 6.31.